The SMILES string of the molecule is Cc1ccc(-c2cc(Cc3ccccc3S(=O)(=O)c3ccccc3)c(C)n2CC(=O)O)cc1. The van der Waals surface area contributed by atoms with Gasteiger partial charge in [-0.1, -0.05) is 66.2 Å². The fraction of sp³-hybridized carbons (Fsp3) is 0.148. The van der Waals surface area contributed by atoms with Gasteiger partial charge in [0.25, 0.3) is 0 Å². The molecule has 33 heavy (non-hydrogen) atoms. The molecule has 0 spiro atoms. The molecular formula is C27H25NO4S. The molecule has 0 saturated carbocycles. The van der Waals surface area contributed by atoms with Crippen molar-refractivity contribution in [2.24, 2.45) is 0 Å². The molecule has 1 heterocycles. The lowest BCUT2D eigenvalue weighted by molar-refractivity contribution is -0.137. The van der Waals surface area contributed by atoms with Crippen LogP contribution in [0.5, 0.6) is 0 Å². The number of carboxylic acid groups (broad SMARTS) is 1. The molecule has 0 bridgehead atoms. The van der Waals surface area contributed by atoms with Crippen LogP contribution in [-0.2, 0) is 27.6 Å². The molecule has 0 saturated heterocycles. The molecule has 168 valence electrons. The first kappa shape index (κ1) is 22.6. The number of aryl methyl sites for hydroxylation is 1. The van der Waals surface area contributed by atoms with E-state index in [-0.39, 0.29) is 16.3 Å². The van der Waals surface area contributed by atoms with E-state index in [1.54, 1.807) is 47.0 Å². The third-order valence-electron chi connectivity index (χ3n) is 5.81. The van der Waals surface area contributed by atoms with Gasteiger partial charge < -0.3 is 9.67 Å². The van der Waals surface area contributed by atoms with Gasteiger partial charge in [-0.05, 0) is 54.8 Å². The molecule has 1 aromatic heterocycles. The minimum absolute atomic E-state index is 0.168. The summed E-state index contributed by atoms with van der Waals surface area (Å²) in [4.78, 5) is 12.1. The van der Waals surface area contributed by atoms with E-state index in [0.29, 0.717) is 12.0 Å². The van der Waals surface area contributed by atoms with Crippen LogP contribution >= 0.6 is 0 Å². The van der Waals surface area contributed by atoms with Gasteiger partial charge in [0, 0.05) is 17.8 Å². The third-order valence-corrected chi connectivity index (χ3v) is 7.68. The summed E-state index contributed by atoms with van der Waals surface area (Å²) in [5.74, 6) is -0.930. The quantitative estimate of drug-likeness (QED) is 0.408. The monoisotopic (exact) mass is 459 g/mol. The van der Waals surface area contributed by atoms with Gasteiger partial charge in [-0.25, -0.2) is 8.42 Å². The molecule has 0 fully saturated rings. The fourth-order valence-corrected chi connectivity index (χ4v) is 5.54. The smallest absolute Gasteiger partial charge is 0.323 e. The van der Waals surface area contributed by atoms with Crippen molar-refractivity contribution < 1.29 is 18.3 Å². The molecule has 4 rings (SSSR count). The predicted octanol–water partition coefficient (Wildman–Crippen LogP) is 5.28. The lowest BCUT2D eigenvalue weighted by Crippen LogP contribution is -2.12. The third kappa shape index (κ3) is 4.61. The Bertz CT molecular complexity index is 1400. The summed E-state index contributed by atoms with van der Waals surface area (Å²) in [5, 5.41) is 9.48. The Morgan fingerprint density at radius 1 is 0.848 bits per heavy atom. The highest BCUT2D eigenvalue weighted by Gasteiger charge is 2.22. The van der Waals surface area contributed by atoms with Crippen molar-refractivity contribution in [1.82, 2.24) is 4.57 Å². The second kappa shape index (κ2) is 9.08. The molecule has 0 aliphatic heterocycles. The first-order chi connectivity index (χ1) is 15.8. The number of nitrogens with zero attached hydrogens (tertiary/aromatic N) is 1. The molecule has 0 unspecified atom stereocenters. The average molecular weight is 460 g/mol. The summed E-state index contributed by atoms with van der Waals surface area (Å²) in [6.45, 7) is 3.71. The van der Waals surface area contributed by atoms with Crippen LogP contribution < -0.4 is 0 Å². The van der Waals surface area contributed by atoms with Crippen LogP contribution in [0.2, 0.25) is 0 Å². The van der Waals surface area contributed by atoms with E-state index in [2.05, 4.69) is 0 Å². The number of hydrogen-bond donors (Lipinski definition) is 1. The fourth-order valence-electron chi connectivity index (χ4n) is 4.03. The minimum atomic E-state index is -3.68. The number of aliphatic carboxylic acids is 1. The first-order valence-corrected chi connectivity index (χ1v) is 12.1. The standard InChI is InChI=1S/C27H25NO4S/c1-19-12-14-21(15-13-19)25-17-23(20(2)28(25)18-27(29)30)16-22-8-6-7-11-26(22)33(31,32)24-9-4-3-5-10-24/h3-15,17H,16,18H2,1-2H3,(H,29,30). The number of sulfone groups is 1. The average Bonchev–Trinajstić information content (AvgIpc) is 3.10. The van der Waals surface area contributed by atoms with Crippen LogP contribution in [0.15, 0.2) is 94.7 Å². The van der Waals surface area contributed by atoms with E-state index >= 15 is 0 Å². The van der Waals surface area contributed by atoms with Crippen molar-refractivity contribution in [2.45, 2.75) is 36.6 Å². The van der Waals surface area contributed by atoms with Crippen LogP contribution in [0, 0.1) is 13.8 Å². The van der Waals surface area contributed by atoms with E-state index in [0.717, 1.165) is 28.1 Å². The number of hydrogen-bond acceptors (Lipinski definition) is 3. The summed E-state index contributed by atoms with van der Waals surface area (Å²) < 4.78 is 28.4. The van der Waals surface area contributed by atoms with Crippen molar-refractivity contribution in [1.29, 1.82) is 0 Å². The molecule has 0 aliphatic rings. The maximum atomic E-state index is 13.3. The lowest BCUT2D eigenvalue weighted by Gasteiger charge is -2.12. The number of carboxylic acids is 1. The summed E-state index contributed by atoms with van der Waals surface area (Å²) in [6.07, 6.45) is 0.375. The Hall–Kier alpha value is -3.64. The molecular weight excluding hydrogens is 434 g/mol. The van der Waals surface area contributed by atoms with E-state index < -0.39 is 15.8 Å². The zero-order valence-electron chi connectivity index (χ0n) is 18.5. The van der Waals surface area contributed by atoms with Crippen molar-refractivity contribution in [2.75, 3.05) is 0 Å². The van der Waals surface area contributed by atoms with Gasteiger partial charge in [0.2, 0.25) is 9.84 Å². The maximum Gasteiger partial charge on any atom is 0.323 e. The normalized spacial score (nSPS) is 11.5. The van der Waals surface area contributed by atoms with Gasteiger partial charge in [-0.2, -0.15) is 0 Å². The molecule has 6 heteroatoms. The van der Waals surface area contributed by atoms with Crippen LogP contribution in [0.25, 0.3) is 11.3 Å². The molecule has 1 N–H and O–H groups in total. The van der Waals surface area contributed by atoms with Gasteiger partial charge in [-0.3, -0.25) is 4.79 Å². The van der Waals surface area contributed by atoms with E-state index in [9.17, 15) is 18.3 Å². The summed E-state index contributed by atoms with van der Waals surface area (Å²) in [7, 11) is -3.68. The van der Waals surface area contributed by atoms with Gasteiger partial charge in [0.1, 0.15) is 6.54 Å². The summed E-state index contributed by atoms with van der Waals surface area (Å²) >= 11 is 0. The second-order valence-electron chi connectivity index (χ2n) is 8.09. The number of carbonyl (C=O) groups is 1. The Balaban J connectivity index is 1.80. The minimum Gasteiger partial charge on any atom is -0.480 e. The van der Waals surface area contributed by atoms with Crippen molar-refractivity contribution in [3.63, 3.8) is 0 Å². The zero-order chi connectivity index (χ0) is 23.6. The van der Waals surface area contributed by atoms with Crippen LogP contribution in [-0.4, -0.2) is 24.1 Å². The highest BCUT2D eigenvalue weighted by Crippen LogP contribution is 2.31. The highest BCUT2D eigenvalue weighted by molar-refractivity contribution is 7.91. The van der Waals surface area contributed by atoms with Gasteiger partial charge in [-0.15, -0.1) is 0 Å². The van der Waals surface area contributed by atoms with Crippen molar-refractivity contribution in [3.8, 4) is 11.3 Å². The zero-order valence-corrected chi connectivity index (χ0v) is 19.3. The predicted molar refractivity (Wildman–Crippen MR) is 128 cm³/mol. The number of rotatable bonds is 7. The Kier molecular flexibility index (Phi) is 6.20. The number of aromatic nitrogens is 1. The Labute approximate surface area is 193 Å². The van der Waals surface area contributed by atoms with Gasteiger partial charge in [0.05, 0.1) is 9.79 Å². The van der Waals surface area contributed by atoms with Crippen LogP contribution in [0.1, 0.15) is 22.4 Å². The molecule has 5 nitrogen and oxygen atoms in total. The molecule has 0 atom stereocenters. The van der Waals surface area contributed by atoms with E-state index in [1.807, 2.05) is 56.3 Å². The van der Waals surface area contributed by atoms with Crippen molar-refractivity contribution >= 4 is 15.8 Å². The Morgan fingerprint density at radius 3 is 2.15 bits per heavy atom. The molecule has 4 aromatic rings. The van der Waals surface area contributed by atoms with Gasteiger partial charge in [0.15, 0.2) is 0 Å². The van der Waals surface area contributed by atoms with E-state index in [4.69, 9.17) is 0 Å². The molecule has 0 amide bonds. The van der Waals surface area contributed by atoms with Crippen LogP contribution in [0.4, 0.5) is 0 Å². The Morgan fingerprint density at radius 2 is 1.48 bits per heavy atom. The topological polar surface area (TPSA) is 76.4 Å². The van der Waals surface area contributed by atoms with E-state index in [1.165, 1.54) is 0 Å². The largest absolute Gasteiger partial charge is 0.480 e. The maximum absolute atomic E-state index is 13.3. The highest BCUT2D eigenvalue weighted by atomic mass is 32.2. The van der Waals surface area contributed by atoms with Crippen LogP contribution in [0.3, 0.4) is 0 Å². The first-order valence-electron chi connectivity index (χ1n) is 10.6. The second-order valence-corrected chi connectivity index (χ2v) is 10.0. The number of benzene rings is 3. The summed E-state index contributed by atoms with van der Waals surface area (Å²) in [5.41, 5.74) is 5.21. The molecule has 0 aliphatic carbocycles. The summed E-state index contributed by atoms with van der Waals surface area (Å²) in [6, 6.07) is 25.3. The van der Waals surface area contributed by atoms with Gasteiger partial charge >= 0.3 is 5.97 Å². The molecule has 3 aromatic carbocycles. The molecule has 0 radical (unpaired) electrons. The van der Waals surface area contributed by atoms with Crippen molar-refractivity contribution in [3.05, 3.63) is 107 Å². The lowest BCUT2D eigenvalue weighted by atomic mass is 10.0.